The molecule has 0 radical (unpaired) electrons. The summed E-state index contributed by atoms with van der Waals surface area (Å²) >= 11 is 1.13. The molecule has 1 aliphatic rings. The molecule has 0 amide bonds. The molecular formula is C28H25F2N5O5S. The Kier molecular flexibility index (Phi) is 8.26. The van der Waals surface area contributed by atoms with Crippen LogP contribution in [0.3, 0.4) is 0 Å². The van der Waals surface area contributed by atoms with Gasteiger partial charge in [0.05, 0.1) is 59.8 Å². The van der Waals surface area contributed by atoms with Crippen LogP contribution in [0.2, 0.25) is 0 Å². The predicted molar refractivity (Wildman–Crippen MR) is 150 cm³/mol. The third-order valence-corrected chi connectivity index (χ3v) is 7.78. The maximum Gasteiger partial charge on any atom is 0.337 e. The van der Waals surface area contributed by atoms with Crippen LogP contribution in [-0.2, 0) is 9.47 Å². The molecule has 4 aromatic rings. The molecule has 1 unspecified atom stereocenters. The summed E-state index contributed by atoms with van der Waals surface area (Å²) in [7, 11) is 1.27. The molecule has 0 aliphatic carbocycles. The van der Waals surface area contributed by atoms with Crippen molar-refractivity contribution < 1.29 is 28.0 Å². The van der Waals surface area contributed by atoms with E-state index in [0.29, 0.717) is 53.6 Å². The molecule has 0 spiro atoms. The van der Waals surface area contributed by atoms with Gasteiger partial charge < -0.3 is 18.7 Å². The van der Waals surface area contributed by atoms with Crippen LogP contribution >= 0.6 is 11.9 Å². The molecule has 212 valence electrons. The number of halogens is 2. The van der Waals surface area contributed by atoms with Crippen LogP contribution in [0.1, 0.15) is 28.9 Å². The molecule has 0 bridgehead atoms. The average molecular weight is 582 g/mol. The summed E-state index contributed by atoms with van der Waals surface area (Å²) in [6, 6.07) is 11.6. The van der Waals surface area contributed by atoms with E-state index in [1.807, 2.05) is 4.90 Å². The van der Waals surface area contributed by atoms with Gasteiger partial charge in [-0.3, -0.25) is 15.1 Å². The fraction of sp³-hybridized carbons (Fsp3) is 0.250. The van der Waals surface area contributed by atoms with E-state index in [1.165, 1.54) is 31.4 Å². The van der Waals surface area contributed by atoms with E-state index in [-0.39, 0.29) is 16.9 Å². The first kappa shape index (κ1) is 28.2. The van der Waals surface area contributed by atoms with Crippen molar-refractivity contribution in [3.05, 3.63) is 93.7 Å². The van der Waals surface area contributed by atoms with Gasteiger partial charge in [0, 0.05) is 41.7 Å². The zero-order chi connectivity index (χ0) is 29.1. The second-order valence-electron chi connectivity index (χ2n) is 9.22. The molecular weight excluding hydrogens is 556 g/mol. The number of anilines is 2. The normalized spacial score (nSPS) is 14.1. The number of benzene rings is 3. The van der Waals surface area contributed by atoms with Crippen LogP contribution in [0.25, 0.3) is 11.0 Å². The predicted octanol–water partition coefficient (Wildman–Crippen LogP) is 5.71. The molecule has 0 saturated carbocycles. The largest absolute Gasteiger partial charge is 0.465 e. The highest BCUT2D eigenvalue weighted by atomic mass is 32.2. The number of carbonyl (C=O) groups is 1. The van der Waals surface area contributed by atoms with E-state index in [9.17, 15) is 23.7 Å². The highest BCUT2D eigenvalue weighted by Crippen LogP contribution is 2.40. The number of hydrogen-bond acceptors (Lipinski definition) is 10. The summed E-state index contributed by atoms with van der Waals surface area (Å²) < 4.78 is 40.9. The number of ether oxygens (including phenoxy) is 2. The van der Waals surface area contributed by atoms with Crippen LogP contribution < -0.4 is 9.21 Å². The van der Waals surface area contributed by atoms with Crippen LogP contribution in [-0.4, -0.2) is 54.3 Å². The van der Waals surface area contributed by atoms with E-state index in [2.05, 4.69) is 4.98 Å². The van der Waals surface area contributed by atoms with Gasteiger partial charge in [-0.1, -0.05) is 0 Å². The summed E-state index contributed by atoms with van der Waals surface area (Å²) in [5, 5.41) is 11.1. The summed E-state index contributed by atoms with van der Waals surface area (Å²) in [4.78, 5) is 35.3. The van der Waals surface area contributed by atoms with Crippen LogP contribution in [0.15, 0.2) is 65.7 Å². The maximum atomic E-state index is 14.4. The Hall–Kier alpha value is -4.36. The van der Waals surface area contributed by atoms with Crippen LogP contribution in [0, 0.1) is 21.7 Å². The Bertz CT molecular complexity index is 1580. The SMILES string of the molecule is COC(=O)c1cc(C(C)N(Sc2ccc([N+](=O)[O-])cc2)c2cc(F)cc(F)c2)c2nc(N3CCOCC3)cnc2c1. The number of aromatic nitrogens is 2. The van der Waals surface area contributed by atoms with Gasteiger partial charge in [0.1, 0.15) is 17.5 Å². The maximum absolute atomic E-state index is 14.4. The number of esters is 1. The van der Waals surface area contributed by atoms with Crippen LogP contribution in [0.5, 0.6) is 0 Å². The van der Waals surface area contributed by atoms with Gasteiger partial charge in [0.15, 0.2) is 0 Å². The first-order valence-corrected chi connectivity index (χ1v) is 13.4. The Labute approximate surface area is 238 Å². The lowest BCUT2D eigenvalue weighted by molar-refractivity contribution is -0.384. The van der Waals surface area contributed by atoms with Gasteiger partial charge >= 0.3 is 5.97 Å². The molecule has 1 fully saturated rings. The van der Waals surface area contributed by atoms with E-state index >= 15 is 0 Å². The van der Waals surface area contributed by atoms with Crippen molar-refractivity contribution >= 4 is 46.1 Å². The number of carbonyl (C=O) groups excluding carboxylic acids is 1. The highest BCUT2D eigenvalue weighted by Gasteiger charge is 2.26. The second-order valence-corrected chi connectivity index (χ2v) is 10.3. The van der Waals surface area contributed by atoms with E-state index in [1.54, 1.807) is 41.7 Å². The zero-order valence-electron chi connectivity index (χ0n) is 22.1. The lowest BCUT2D eigenvalue weighted by Gasteiger charge is -2.31. The van der Waals surface area contributed by atoms with Gasteiger partial charge in [-0.15, -0.1) is 0 Å². The third-order valence-electron chi connectivity index (χ3n) is 6.58. The number of nitro groups is 1. The summed E-state index contributed by atoms with van der Waals surface area (Å²) in [6.45, 7) is 4.18. The lowest BCUT2D eigenvalue weighted by Crippen LogP contribution is -2.36. The fourth-order valence-corrected chi connectivity index (χ4v) is 5.49. The highest BCUT2D eigenvalue weighted by molar-refractivity contribution is 8.00. The number of nitrogens with zero attached hydrogens (tertiary/aromatic N) is 5. The van der Waals surface area contributed by atoms with Gasteiger partial charge in [0.2, 0.25) is 0 Å². The van der Waals surface area contributed by atoms with Crippen molar-refractivity contribution in [2.75, 3.05) is 42.6 Å². The molecule has 41 heavy (non-hydrogen) atoms. The van der Waals surface area contributed by atoms with Gasteiger partial charge in [-0.05, 0) is 55.3 Å². The first-order valence-electron chi connectivity index (χ1n) is 12.6. The number of non-ortho nitro benzene ring substituents is 1. The summed E-state index contributed by atoms with van der Waals surface area (Å²) in [5.74, 6) is -1.50. The molecule has 13 heteroatoms. The number of rotatable bonds is 8. The molecule has 1 aliphatic heterocycles. The molecule has 1 atom stereocenters. The Morgan fingerprint density at radius 2 is 1.80 bits per heavy atom. The minimum Gasteiger partial charge on any atom is -0.465 e. The Morgan fingerprint density at radius 1 is 1.12 bits per heavy atom. The number of nitro benzene ring substituents is 1. The van der Waals surface area contributed by atoms with Crippen molar-refractivity contribution in [3.63, 3.8) is 0 Å². The summed E-state index contributed by atoms with van der Waals surface area (Å²) in [6.07, 6.45) is 1.63. The Morgan fingerprint density at radius 3 is 2.44 bits per heavy atom. The molecule has 2 heterocycles. The molecule has 1 aromatic heterocycles. The second kappa shape index (κ2) is 12.0. The van der Waals surface area contributed by atoms with E-state index in [4.69, 9.17) is 14.5 Å². The number of morpholine rings is 1. The zero-order valence-corrected chi connectivity index (χ0v) is 22.9. The number of hydrogen-bond donors (Lipinski definition) is 0. The fourth-order valence-electron chi connectivity index (χ4n) is 4.52. The summed E-state index contributed by atoms with van der Waals surface area (Å²) in [5.41, 5.74) is 1.85. The van der Waals surface area contributed by atoms with Gasteiger partial charge in [0.25, 0.3) is 5.69 Å². The molecule has 0 N–H and O–H groups in total. The minimum absolute atomic E-state index is 0.0894. The van der Waals surface area contributed by atoms with Crippen molar-refractivity contribution in [2.45, 2.75) is 17.9 Å². The van der Waals surface area contributed by atoms with Crippen molar-refractivity contribution in [2.24, 2.45) is 0 Å². The molecule has 1 saturated heterocycles. The standard InChI is InChI=1S/C28H25F2N5O5S/c1-17(34(22-14-19(29)13-20(30)15-22)41-23-5-3-21(4-6-23)35(37)38)24-11-18(28(36)39-2)12-25-27(24)32-26(16-31-25)33-7-9-40-10-8-33/h3-6,11-17H,7-10H2,1-2H3. The number of fused-ring (bicyclic) bond motifs is 1. The van der Waals surface area contributed by atoms with E-state index < -0.39 is 28.6 Å². The van der Waals surface area contributed by atoms with Crippen molar-refractivity contribution in [1.29, 1.82) is 0 Å². The van der Waals surface area contributed by atoms with Crippen LogP contribution in [0.4, 0.5) is 26.0 Å². The first-order chi connectivity index (χ1) is 19.7. The van der Waals surface area contributed by atoms with Crippen molar-refractivity contribution in [3.8, 4) is 0 Å². The molecule has 3 aromatic carbocycles. The van der Waals surface area contributed by atoms with Gasteiger partial charge in [-0.2, -0.15) is 0 Å². The third kappa shape index (κ3) is 6.20. The van der Waals surface area contributed by atoms with Crippen molar-refractivity contribution in [1.82, 2.24) is 9.97 Å². The van der Waals surface area contributed by atoms with Gasteiger partial charge in [-0.25, -0.2) is 18.6 Å². The monoisotopic (exact) mass is 581 g/mol. The molecule has 10 nitrogen and oxygen atoms in total. The topological polar surface area (TPSA) is 111 Å². The quantitative estimate of drug-likeness (QED) is 0.111. The Balaban J connectivity index is 1.64. The molecule has 5 rings (SSSR count). The number of methoxy groups -OCH3 is 1. The van der Waals surface area contributed by atoms with E-state index in [0.717, 1.165) is 18.0 Å². The average Bonchev–Trinajstić information content (AvgIpc) is 2.98. The minimum atomic E-state index is -0.774. The smallest absolute Gasteiger partial charge is 0.337 e. The lowest BCUT2D eigenvalue weighted by atomic mass is 10.0.